The molecular weight excluding hydrogens is 374 g/mol. The quantitative estimate of drug-likeness (QED) is 0.830. The fraction of sp³-hybridized carbons (Fsp3) is 0.588. The highest BCUT2D eigenvalue weighted by molar-refractivity contribution is 7.13. The van der Waals surface area contributed by atoms with Crippen molar-refractivity contribution in [3.63, 3.8) is 0 Å². The summed E-state index contributed by atoms with van der Waals surface area (Å²) in [5.74, 6) is 1.44. The van der Waals surface area contributed by atoms with Gasteiger partial charge in [-0.3, -0.25) is 9.69 Å². The zero-order chi connectivity index (χ0) is 18.0. The van der Waals surface area contributed by atoms with E-state index in [9.17, 15) is 4.79 Å². The molecule has 0 aromatic carbocycles. The van der Waals surface area contributed by atoms with Gasteiger partial charge >= 0.3 is 0 Å². The molecule has 9 heteroatoms. The molecule has 1 saturated heterocycles. The topological polar surface area (TPSA) is 88.5 Å². The molecule has 7 nitrogen and oxygen atoms in total. The van der Waals surface area contributed by atoms with Gasteiger partial charge in [0.1, 0.15) is 0 Å². The minimum absolute atomic E-state index is 0. The summed E-state index contributed by atoms with van der Waals surface area (Å²) < 4.78 is 5.45. The number of piperazine rings is 1. The van der Waals surface area contributed by atoms with Crippen LogP contribution in [0.3, 0.4) is 0 Å². The number of rotatable bonds is 5. The second-order valence-electron chi connectivity index (χ2n) is 6.74. The number of aromatic nitrogens is 2. The van der Waals surface area contributed by atoms with Crippen LogP contribution < -0.4 is 5.73 Å². The van der Waals surface area contributed by atoms with E-state index in [2.05, 4.69) is 22.0 Å². The molecule has 2 aromatic heterocycles. The van der Waals surface area contributed by atoms with Gasteiger partial charge in [-0.25, -0.2) is 0 Å². The van der Waals surface area contributed by atoms with Gasteiger partial charge in [0.2, 0.25) is 17.6 Å². The van der Waals surface area contributed by atoms with E-state index in [4.69, 9.17) is 10.3 Å². The van der Waals surface area contributed by atoms with Crippen molar-refractivity contribution in [1.29, 1.82) is 0 Å². The summed E-state index contributed by atoms with van der Waals surface area (Å²) in [6.07, 6.45) is 0. The highest BCUT2D eigenvalue weighted by atomic mass is 35.5. The van der Waals surface area contributed by atoms with Crippen molar-refractivity contribution in [3.05, 3.63) is 23.4 Å². The van der Waals surface area contributed by atoms with Crippen molar-refractivity contribution in [2.45, 2.75) is 32.9 Å². The van der Waals surface area contributed by atoms with E-state index in [-0.39, 0.29) is 30.3 Å². The van der Waals surface area contributed by atoms with Gasteiger partial charge in [0.15, 0.2) is 0 Å². The van der Waals surface area contributed by atoms with Crippen LogP contribution in [0.5, 0.6) is 0 Å². The molecule has 1 fully saturated rings. The van der Waals surface area contributed by atoms with E-state index in [1.807, 2.05) is 36.3 Å². The summed E-state index contributed by atoms with van der Waals surface area (Å²) in [4.78, 5) is 22.0. The predicted octanol–water partition coefficient (Wildman–Crippen LogP) is 2.41. The third-order valence-corrected chi connectivity index (χ3v) is 5.58. The number of hydrogen-bond acceptors (Lipinski definition) is 7. The first-order chi connectivity index (χ1) is 12.0. The van der Waals surface area contributed by atoms with Gasteiger partial charge in [0, 0.05) is 26.2 Å². The van der Waals surface area contributed by atoms with Crippen molar-refractivity contribution in [2.24, 2.45) is 11.7 Å². The lowest BCUT2D eigenvalue weighted by molar-refractivity contribution is -0.135. The average molecular weight is 400 g/mol. The molecule has 1 aliphatic heterocycles. The molecule has 0 aliphatic carbocycles. The third-order valence-electron chi connectivity index (χ3n) is 4.72. The van der Waals surface area contributed by atoms with Crippen molar-refractivity contribution in [3.8, 4) is 10.7 Å². The highest BCUT2D eigenvalue weighted by Crippen LogP contribution is 2.26. The lowest BCUT2D eigenvalue weighted by atomic mass is 10.0. The van der Waals surface area contributed by atoms with Gasteiger partial charge < -0.3 is 15.2 Å². The lowest BCUT2D eigenvalue weighted by Gasteiger charge is -2.38. The van der Waals surface area contributed by atoms with Crippen LogP contribution >= 0.6 is 23.7 Å². The predicted molar refractivity (Wildman–Crippen MR) is 104 cm³/mol. The zero-order valence-corrected chi connectivity index (χ0v) is 16.9. The van der Waals surface area contributed by atoms with Crippen LogP contribution in [-0.4, -0.2) is 58.1 Å². The van der Waals surface area contributed by atoms with Crippen molar-refractivity contribution in [1.82, 2.24) is 19.9 Å². The summed E-state index contributed by atoms with van der Waals surface area (Å²) in [6.45, 7) is 8.90. The van der Waals surface area contributed by atoms with E-state index >= 15 is 0 Å². The molecule has 3 rings (SSSR count). The molecule has 26 heavy (non-hydrogen) atoms. The SMILES string of the molecule is CC(C)[C@H](N)C(=O)N1CCN(C(C)c2nc(-c3cccs3)no2)CC1.Cl. The second-order valence-corrected chi connectivity index (χ2v) is 7.69. The summed E-state index contributed by atoms with van der Waals surface area (Å²) in [6, 6.07) is 3.55. The molecule has 0 saturated carbocycles. The molecule has 2 N–H and O–H groups in total. The number of thiophene rings is 1. The number of hydrogen-bond donors (Lipinski definition) is 1. The van der Waals surface area contributed by atoms with Crippen LogP contribution in [0.25, 0.3) is 10.7 Å². The fourth-order valence-corrected chi connectivity index (χ4v) is 3.54. The number of amides is 1. The number of halogens is 1. The smallest absolute Gasteiger partial charge is 0.244 e. The Kier molecular flexibility index (Phi) is 7.16. The van der Waals surface area contributed by atoms with E-state index in [1.54, 1.807) is 11.3 Å². The Morgan fingerprint density at radius 3 is 2.54 bits per heavy atom. The number of carbonyl (C=O) groups is 1. The van der Waals surface area contributed by atoms with Crippen molar-refractivity contribution >= 4 is 29.7 Å². The van der Waals surface area contributed by atoms with Crippen LogP contribution in [0.15, 0.2) is 22.0 Å². The standard InChI is InChI=1S/C17H25N5O2S.ClH/c1-11(2)14(18)17(23)22-8-6-21(7-9-22)12(3)16-19-15(20-24-16)13-5-4-10-25-13;/h4-5,10-12,14H,6-9,18H2,1-3H3;1H/t12?,14-;/m0./s1. The Labute approximate surface area is 163 Å². The summed E-state index contributed by atoms with van der Waals surface area (Å²) >= 11 is 1.59. The molecule has 1 aliphatic rings. The third kappa shape index (κ3) is 4.43. The van der Waals surface area contributed by atoms with Crippen LogP contribution in [0.2, 0.25) is 0 Å². The Hall–Kier alpha value is -1.48. The monoisotopic (exact) mass is 399 g/mol. The molecular formula is C17H26ClN5O2S. The minimum Gasteiger partial charge on any atom is -0.339 e. The van der Waals surface area contributed by atoms with Crippen LogP contribution in [0.1, 0.15) is 32.7 Å². The largest absolute Gasteiger partial charge is 0.339 e. The molecule has 2 aromatic rings. The van der Waals surface area contributed by atoms with Crippen LogP contribution in [-0.2, 0) is 4.79 Å². The maximum absolute atomic E-state index is 12.4. The zero-order valence-electron chi connectivity index (χ0n) is 15.3. The Morgan fingerprint density at radius 1 is 1.27 bits per heavy atom. The first-order valence-corrected chi connectivity index (χ1v) is 9.51. The van der Waals surface area contributed by atoms with Crippen LogP contribution in [0, 0.1) is 5.92 Å². The Morgan fingerprint density at radius 2 is 1.96 bits per heavy atom. The molecule has 0 spiro atoms. The van der Waals surface area contributed by atoms with Gasteiger partial charge in [0.25, 0.3) is 0 Å². The Bertz CT molecular complexity index is 698. The van der Waals surface area contributed by atoms with E-state index in [1.165, 1.54) is 0 Å². The summed E-state index contributed by atoms with van der Waals surface area (Å²) in [5.41, 5.74) is 5.99. The Balaban J connectivity index is 0.00000243. The first kappa shape index (κ1) is 20.8. The first-order valence-electron chi connectivity index (χ1n) is 8.63. The van der Waals surface area contributed by atoms with E-state index in [0.717, 1.165) is 18.0 Å². The van der Waals surface area contributed by atoms with Crippen molar-refractivity contribution < 1.29 is 9.32 Å². The lowest BCUT2D eigenvalue weighted by Crippen LogP contribution is -2.54. The van der Waals surface area contributed by atoms with E-state index < -0.39 is 6.04 Å². The molecule has 1 amide bonds. The van der Waals surface area contributed by atoms with Gasteiger partial charge in [-0.05, 0) is 24.3 Å². The second kappa shape index (κ2) is 8.94. The molecule has 3 heterocycles. The molecule has 0 bridgehead atoms. The van der Waals surface area contributed by atoms with E-state index in [0.29, 0.717) is 24.8 Å². The van der Waals surface area contributed by atoms with Gasteiger partial charge in [0.05, 0.1) is 17.0 Å². The number of nitrogens with two attached hydrogens (primary N) is 1. The summed E-state index contributed by atoms with van der Waals surface area (Å²) in [7, 11) is 0. The average Bonchev–Trinajstić information content (AvgIpc) is 3.31. The van der Waals surface area contributed by atoms with Crippen LogP contribution in [0.4, 0.5) is 0 Å². The van der Waals surface area contributed by atoms with Crippen molar-refractivity contribution in [2.75, 3.05) is 26.2 Å². The van der Waals surface area contributed by atoms with Gasteiger partial charge in [-0.1, -0.05) is 25.1 Å². The number of carbonyl (C=O) groups excluding carboxylic acids is 1. The number of nitrogens with zero attached hydrogens (tertiary/aromatic N) is 4. The highest BCUT2D eigenvalue weighted by Gasteiger charge is 2.30. The van der Waals surface area contributed by atoms with Gasteiger partial charge in [-0.2, -0.15) is 4.98 Å². The summed E-state index contributed by atoms with van der Waals surface area (Å²) in [5, 5.41) is 6.07. The minimum atomic E-state index is -0.423. The maximum Gasteiger partial charge on any atom is 0.244 e. The molecule has 2 atom stereocenters. The fourth-order valence-electron chi connectivity index (χ4n) is 2.89. The normalized spacial score (nSPS) is 17.8. The molecule has 144 valence electrons. The maximum atomic E-state index is 12.4. The van der Waals surface area contributed by atoms with Gasteiger partial charge in [-0.15, -0.1) is 23.7 Å². The molecule has 1 unspecified atom stereocenters. The molecule has 0 radical (unpaired) electrons.